The van der Waals surface area contributed by atoms with Crippen molar-refractivity contribution in [1.82, 2.24) is 9.79 Å². The Morgan fingerprint density at radius 1 is 1.08 bits per heavy atom. The third kappa shape index (κ3) is 1.94. The van der Waals surface area contributed by atoms with Crippen molar-refractivity contribution in [3.05, 3.63) is 53.2 Å². The topological polar surface area (TPSA) is 35.8 Å². The number of anilines is 2. The molecule has 124 valence electrons. The fraction of sp³-hybridized carbons (Fsp3) is 0.211. The van der Waals surface area contributed by atoms with Gasteiger partial charge in [0.15, 0.2) is 5.42 Å². The van der Waals surface area contributed by atoms with Crippen LogP contribution in [0.5, 0.6) is 0 Å². The highest BCUT2D eigenvalue weighted by Crippen LogP contribution is 2.39. The lowest BCUT2D eigenvalue weighted by atomic mass is 9.69. The van der Waals surface area contributed by atoms with Gasteiger partial charge in [-0.25, -0.2) is 4.98 Å². The molecule has 2 aliphatic rings. The molecule has 0 bridgehead atoms. The monoisotopic (exact) mass is 330 g/mol. The second-order valence-corrected chi connectivity index (χ2v) is 6.75. The molecule has 1 atom stereocenters. The number of hydrogen-bond acceptors (Lipinski definition) is 5. The summed E-state index contributed by atoms with van der Waals surface area (Å²) in [5, 5.41) is 2.20. The van der Waals surface area contributed by atoms with Crippen LogP contribution in [0.3, 0.4) is 0 Å². The molecule has 0 saturated heterocycles. The molecule has 0 spiro atoms. The molecule has 0 N–H and O–H groups in total. The van der Waals surface area contributed by atoms with Crippen molar-refractivity contribution in [2.24, 2.45) is 0 Å². The second kappa shape index (κ2) is 5.05. The summed E-state index contributed by atoms with van der Waals surface area (Å²) in [5.74, 6) is 2.29. The summed E-state index contributed by atoms with van der Waals surface area (Å²) in [6, 6.07) is 12.6. The van der Waals surface area contributed by atoms with Crippen LogP contribution in [0.2, 0.25) is 0 Å². The SMILES string of the molecule is C[C@H]1N(C)c2ccccc2N1B1C=c2c(oc3ncccc23)=CN1C. The van der Waals surface area contributed by atoms with E-state index < -0.39 is 0 Å². The molecule has 1 aromatic carbocycles. The Kier molecular flexibility index (Phi) is 2.92. The minimum Gasteiger partial charge on any atom is -0.436 e. The van der Waals surface area contributed by atoms with Crippen molar-refractivity contribution >= 4 is 41.6 Å². The van der Waals surface area contributed by atoms with E-state index in [1.807, 2.05) is 6.07 Å². The molecule has 5 rings (SSSR count). The van der Waals surface area contributed by atoms with Crippen molar-refractivity contribution in [2.75, 3.05) is 23.8 Å². The van der Waals surface area contributed by atoms with Crippen LogP contribution >= 0.6 is 0 Å². The fourth-order valence-corrected chi connectivity index (χ4v) is 3.97. The smallest absolute Gasteiger partial charge is 0.405 e. The number of nitrogens with zero attached hydrogens (tertiary/aromatic N) is 4. The van der Waals surface area contributed by atoms with Crippen LogP contribution in [-0.2, 0) is 0 Å². The van der Waals surface area contributed by atoms with Gasteiger partial charge in [0.25, 0.3) is 0 Å². The predicted molar refractivity (Wildman–Crippen MR) is 102 cm³/mol. The van der Waals surface area contributed by atoms with Gasteiger partial charge in [0.05, 0.1) is 17.5 Å². The number of aromatic nitrogens is 1. The molecule has 0 fully saturated rings. The van der Waals surface area contributed by atoms with Crippen LogP contribution < -0.4 is 20.3 Å². The van der Waals surface area contributed by atoms with E-state index in [2.05, 4.69) is 83.0 Å². The van der Waals surface area contributed by atoms with E-state index >= 15 is 0 Å². The lowest BCUT2D eigenvalue weighted by molar-refractivity contribution is 0.551. The Hall–Kier alpha value is -2.89. The van der Waals surface area contributed by atoms with Gasteiger partial charge < -0.3 is 18.9 Å². The maximum Gasteiger partial charge on any atom is 0.405 e. The molecule has 3 aromatic rings. The standard InChI is InChI=1S/C19H19BN4O/c1-13-23(3)16-8-4-5-9-17(16)24(13)20-11-15-14-7-6-10-21-19(14)25-18(15)12-22(20)2/h4-13H,1-3H3/t13-/m0/s1. The first-order valence-corrected chi connectivity index (χ1v) is 8.54. The molecule has 2 aliphatic heterocycles. The number of pyridine rings is 1. The van der Waals surface area contributed by atoms with Gasteiger partial charge in [-0.05, 0) is 38.2 Å². The molecule has 0 radical (unpaired) electrons. The van der Waals surface area contributed by atoms with Crippen LogP contribution in [0.4, 0.5) is 11.4 Å². The van der Waals surface area contributed by atoms with Gasteiger partial charge in [-0.1, -0.05) is 18.1 Å². The van der Waals surface area contributed by atoms with Crippen molar-refractivity contribution < 1.29 is 4.42 Å². The van der Waals surface area contributed by atoms with Crippen molar-refractivity contribution in [3.8, 4) is 0 Å². The largest absolute Gasteiger partial charge is 0.436 e. The first kappa shape index (κ1) is 14.5. The summed E-state index contributed by atoms with van der Waals surface area (Å²) < 4.78 is 5.92. The van der Waals surface area contributed by atoms with Gasteiger partial charge in [-0.15, -0.1) is 0 Å². The number of hydrogen-bond donors (Lipinski definition) is 0. The molecule has 5 nitrogen and oxygen atoms in total. The van der Waals surface area contributed by atoms with Crippen molar-refractivity contribution in [1.29, 1.82) is 0 Å². The maximum atomic E-state index is 5.92. The Morgan fingerprint density at radius 2 is 1.88 bits per heavy atom. The normalized spacial score (nSPS) is 18.9. The van der Waals surface area contributed by atoms with E-state index in [4.69, 9.17) is 4.42 Å². The highest BCUT2D eigenvalue weighted by molar-refractivity contribution is 6.75. The lowest BCUT2D eigenvalue weighted by Crippen LogP contribution is -2.56. The summed E-state index contributed by atoms with van der Waals surface area (Å²) in [7, 11) is 4.25. The maximum absolute atomic E-state index is 5.92. The minimum absolute atomic E-state index is 0.120. The van der Waals surface area contributed by atoms with Crippen molar-refractivity contribution in [3.63, 3.8) is 0 Å². The average molecular weight is 330 g/mol. The average Bonchev–Trinajstić information content (AvgIpc) is 3.10. The van der Waals surface area contributed by atoms with Gasteiger partial charge in [0.2, 0.25) is 5.71 Å². The fourth-order valence-electron chi connectivity index (χ4n) is 3.97. The zero-order valence-electron chi connectivity index (χ0n) is 14.5. The summed E-state index contributed by atoms with van der Waals surface area (Å²) >= 11 is 0. The van der Waals surface area contributed by atoms with E-state index in [0.29, 0.717) is 5.71 Å². The van der Waals surface area contributed by atoms with E-state index in [1.54, 1.807) is 6.20 Å². The highest BCUT2D eigenvalue weighted by Gasteiger charge is 2.39. The zero-order valence-corrected chi connectivity index (χ0v) is 14.5. The van der Waals surface area contributed by atoms with Crippen molar-refractivity contribution in [2.45, 2.75) is 13.1 Å². The highest BCUT2D eigenvalue weighted by atomic mass is 16.3. The molecule has 0 unspecified atom stereocenters. The van der Waals surface area contributed by atoms with Gasteiger partial charge >= 0.3 is 6.98 Å². The van der Waals surface area contributed by atoms with Crippen LogP contribution in [0, 0.1) is 0 Å². The number of furan rings is 1. The van der Waals surface area contributed by atoms with Crippen LogP contribution in [0.25, 0.3) is 23.3 Å². The minimum atomic E-state index is 0.120. The molecule has 0 amide bonds. The summed E-state index contributed by atoms with van der Waals surface area (Å²) in [5.41, 5.74) is 4.09. The Morgan fingerprint density at radius 3 is 2.72 bits per heavy atom. The Balaban J connectivity index is 1.71. The first-order chi connectivity index (χ1) is 12.1. The summed E-state index contributed by atoms with van der Waals surface area (Å²) in [4.78, 5) is 11.3. The third-order valence-electron chi connectivity index (χ3n) is 5.38. The molecular formula is C19H19BN4O. The molecule has 0 aliphatic carbocycles. The second-order valence-electron chi connectivity index (χ2n) is 6.75. The van der Waals surface area contributed by atoms with E-state index in [1.165, 1.54) is 11.4 Å². The number of rotatable bonds is 1. The van der Waals surface area contributed by atoms with Crippen LogP contribution in [0.15, 0.2) is 47.0 Å². The van der Waals surface area contributed by atoms with Gasteiger partial charge in [0.1, 0.15) is 0 Å². The molecule has 2 aromatic heterocycles. The van der Waals surface area contributed by atoms with Gasteiger partial charge in [0, 0.05) is 30.0 Å². The Bertz CT molecular complexity index is 1090. The van der Waals surface area contributed by atoms with E-state index in [9.17, 15) is 0 Å². The number of para-hydroxylation sites is 2. The zero-order chi connectivity index (χ0) is 17.1. The molecule has 6 heteroatoms. The summed E-state index contributed by atoms with van der Waals surface area (Å²) in [6.07, 6.45) is 4.12. The number of fused-ring (bicyclic) bond motifs is 4. The summed E-state index contributed by atoms with van der Waals surface area (Å²) in [6.45, 7) is 2.36. The van der Waals surface area contributed by atoms with Crippen LogP contribution in [0.1, 0.15) is 6.92 Å². The van der Waals surface area contributed by atoms with Crippen LogP contribution in [-0.4, -0.2) is 37.0 Å². The quantitative estimate of drug-likeness (QED) is 0.634. The first-order valence-electron chi connectivity index (χ1n) is 8.54. The molecule has 25 heavy (non-hydrogen) atoms. The molecular weight excluding hydrogens is 311 g/mol. The van der Waals surface area contributed by atoms with E-state index in [0.717, 1.165) is 16.0 Å². The van der Waals surface area contributed by atoms with Gasteiger partial charge in [-0.3, -0.25) is 0 Å². The van der Waals surface area contributed by atoms with E-state index in [-0.39, 0.29) is 13.1 Å². The van der Waals surface area contributed by atoms with Gasteiger partial charge in [-0.2, -0.15) is 0 Å². The third-order valence-corrected chi connectivity index (χ3v) is 5.38. The number of benzene rings is 1. The molecule has 4 heterocycles. The lowest BCUT2D eigenvalue weighted by Gasteiger charge is -2.36. The Labute approximate surface area is 146 Å². The molecule has 0 saturated carbocycles. The predicted octanol–water partition coefficient (Wildman–Crippen LogP) is 1.62.